The molecule has 0 aliphatic rings. The predicted molar refractivity (Wildman–Crippen MR) is 112 cm³/mol. The minimum absolute atomic E-state index is 0.128. The summed E-state index contributed by atoms with van der Waals surface area (Å²) in [5.74, 6) is 0.557. The average molecular weight is 462 g/mol. The van der Waals surface area contributed by atoms with Crippen molar-refractivity contribution in [2.45, 2.75) is 5.16 Å². The van der Waals surface area contributed by atoms with Crippen molar-refractivity contribution in [3.8, 4) is 11.4 Å². The summed E-state index contributed by atoms with van der Waals surface area (Å²) in [5, 5.41) is 13.2. The summed E-state index contributed by atoms with van der Waals surface area (Å²) in [7, 11) is 1.83. The second-order valence-electron chi connectivity index (χ2n) is 5.46. The number of nitrogens with one attached hydrogen (secondary N) is 1. The van der Waals surface area contributed by atoms with E-state index in [1.807, 2.05) is 23.7 Å². The predicted octanol–water partition coefficient (Wildman–Crippen LogP) is 5.83. The number of anilines is 1. The first kappa shape index (κ1) is 20.3. The standard InChI is InChI=1S/C17H12Cl4N4OS/c1-25-16(9-2-4-10(18)5-3-9)23-24-17(25)27-8-15(26)22-14-7-12(20)11(19)6-13(14)21/h2-7H,8H2,1H3,(H,22,26). The number of carbonyl (C=O) groups is 1. The third-order valence-electron chi connectivity index (χ3n) is 3.55. The Bertz CT molecular complexity index is 991. The third kappa shape index (κ3) is 4.89. The number of aromatic nitrogens is 3. The highest BCUT2D eigenvalue weighted by Gasteiger charge is 2.14. The number of thioether (sulfide) groups is 1. The Labute approximate surface area is 180 Å². The van der Waals surface area contributed by atoms with Gasteiger partial charge in [0.15, 0.2) is 11.0 Å². The number of carbonyl (C=O) groups excluding carboxylic acids is 1. The van der Waals surface area contributed by atoms with Crippen LogP contribution in [0.5, 0.6) is 0 Å². The zero-order valence-corrected chi connectivity index (χ0v) is 17.7. The molecule has 140 valence electrons. The normalized spacial score (nSPS) is 10.9. The Kier molecular flexibility index (Phi) is 6.55. The number of hydrogen-bond donors (Lipinski definition) is 1. The molecule has 3 rings (SSSR count). The summed E-state index contributed by atoms with van der Waals surface area (Å²) in [6, 6.07) is 10.3. The third-order valence-corrected chi connectivity index (χ3v) is 5.86. The monoisotopic (exact) mass is 460 g/mol. The highest BCUT2D eigenvalue weighted by atomic mass is 35.5. The molecule has 1 heterocycles. The van der Waals surface area contributed by atoms with Gasteiger partial charge in [0.05, 0.1) is 26.5 Å². The molecule has 27 heavy (non-hydrogen) atoms. The van der Waals surface area contributed by atoms with Crippen LogP contribution in [-0.2, 0) is 11.8 Å². The molecule has 2 aromatic carbocycles. The first-order valence-corrected chi connectivity index (χ1v) is 10.1. The van der Waals surface area contributed by atoms with Crippen molar-refractivity contribution in [1.82, 2.24) is 14.8 Å². The van der Waals surface area contributed by atoms with Crippen molar-refractivity contribution in [2.75, 3.05) is 11.1 Å². The number of amides is 1. The number of rotatable bonds is 5. The van der Waals surface area contributed by atoms with E-state index >= 15 is 0 Å². The fraction of sp³-hybridized carbons (Fsp3) is 0.118. The van der Waals surface area contributed by atoms with E-state index in [9.17, 15) is 4.79 Å². The molecule has 0 fully saturated rings. The Balaban J connectivity index is 1.66. The van der Waals surface area contributed by atoms with Gasteiger partial charge in [-0.25, -0.2) is 0 Å². The first-order chi connectivity index (χ1) is 12.8. The van der Waals surface area contributed by atoms with Crippen LogP contribution < -0.4 is 5.32 Å². The lowest BCUT2D eigenvalue weighted by Crippen LogP contribution is -2.14. The van der Waals surface area contributed by atoms with Crippen molar-refractivity contribution in [3.63, 3.8) is 0 Å². The lowest BCUT2D eigenvalue weighted by atomic mass is 10.2. The first-order valence-electron chi connectivity index (χ1n) is 7.57. The van der Waals surface area contributed by atoms with Crippen LogP contribution in [0.4, 0.5) is 5.69 Å². The number of hydrogen-bond acceptors (Lipinski definition) is 4. The lowest BCUT2D eigenvalue weighted by Gasteiger charge is -2.08. The molecule has 0 unspecified atom stereocenters. The minimum Gasteiger partial charge on any atom is -0.324 e. The van der Waals surface area contributed by atoms with E-state index in [4.69, 9.17) is 46.4 Å². The van der Waals surface area contributed by atoms with Gasteiger partial charge in [-0.05, 0) is 36.4 Å². The molecule has 0 spiro atoms. The van der Waals surface area contributed by atoms with Gasteiger partial charge in [0.2, 0.25) is 5.91 Å². The topological polar surface area (TPSA) is 59.8 Å². The van der Waals surface area contributed by atoms with Crippen LogP contribution in [0.2, 0.25) is 20.1 Å². The summed E-state index contributed by atoms with van der Waals surface area (Å²) in [5.41, 5.74) is 1.28. The Morgan fingerprint density at radius 3 is 2.41 bits per heavy atom. The molecule has 1 amide bonds. The SMILES string of the molecule is Cn1c(SCC(=O)Nc2cc(Cl)c(Cl)cc2Cl)nnc1-c1ccc(Cl)cc1. The minimum atomic E-state index is -0.253. The van der Waals surface area contributed by atoms with E-state index in [-0.39, 0.29) is 11.7 Å². The molecule has 0 atom stereocenters. The van der Waals surface area contributed by atoms with Crippen LogP contribution in [0.3, 0.4) is 0 Å². The molecule has 0 bridgehead atoms. The summed E-state index contributed by atoms with van der Waals surface area (Å²) in [4.78, 5) is 12.2. The van der Waals surface area contributed by atoms with Gasteiger partial charge in [0, 0.05) is 17.6 Å². The highest BCUT2D eigenvalue weighted by Crippen LogP contribution is 2.32. The van der Waals surface area contributed by atoms with Crippen molar-refractivity contribution < 1.29 is 4.79 Å². The zero-order valence-electron chi connectivity index (χ0n) is 13.8. The van der Waals surface area contributed by atoms with Crippen LogP contribution in [0.15, 0.2) is 41.6 Å². The van der Waals surface area contributed by atoms with Gasteiger partial charge in [0.25, 0.3) is 0 Å². The Morgan fingerprint density at radius 2 is 1.70 bits per heavy atom. The fourth-order valence-corrected chi connectivity index (χ4v) is 3.66. The second kappa shape index (κ2) is 8.71. The van der Waals surface area contributed by atoms with Gasteiger partial charge in [-0.15, -0.1) is 10.2 Å². The van der Waals surface area contributed by atoms with E-state index in [2.05, 4.69) is 15.5 Å². The molecule has 1 aromatic heterocycles. The number of halogens is 4. The molecule has 5 nitrogen and oxygen atoms in total. The van der Waals surface area contributed by atoms with E-state index < -0.39 is 0 Å². The van der Waals surface area contributed by atoms with Gasteiger partial charge >= 0.3 is 0 Å². The highest BCUT2D eigenvalue weighted by molar-refractivity contribution is 7.99. The zero-order chi connectivity index (χ0) is 19.6. The van der Waals surface area contributed by atoms with Gasteiger partial charge < -0.3 is 9.88 Å². The molecule has 0 radical (unpaired) electrons. The van der Waals surface area contributed by atoms with Gasteiger partial charge in [0.1, 0.15) is 0 Å². The van der Waals surface area contributed by atoms with Gasteiger partial charge in [-0.3, -0.25) is 4.79 Å². The largest absolute Gasteiger partial charge is 0.324 e. The quantitative estimate of drug-likeness (QED) is 0.383. The summed E-state index contributed by atoms with van der Waals surface area (Å²) < 4.78 is 1.81. The van der Waals surface area contributed by atoms with Crippen molar-refractivity contribution >= 4 is 69.8 Å². The Morgan fingerprint density at radius 1 is 1.04 bits per heavy atom. The molecule has 3 aromatic rings. The molecule has 0 aliphatic carbocycles. The fourth-order valence-electron chi connectivity index (χ4n) is 2.23. The van der Waals surface area contributed by atoms with Crippen molar-refractivity contribution in [1.29, 1.82) is 0 Å². The van der Waals surface area contributed by atoms with Crippen LogP contribution in [-0.4, -0.2) is 26.4 Å². The maximum absolute atomic E-state index is 12.2. The lowest BCUT2D eigenvalue weighted by molar-refractivity contribution is -0.113. The van der Waals surface area contributed by atoms with E-state index in [0.29, 0.717) is 36.8 Å². The average Bonchev–Trinajstić information content (AvgIpc) is 2.99. The second-order valence-corrected chi connectivity index (χ2v) is 8.06. The molecule has 0 aliphatic heterocycles. The maximum atomic E-state index is 12.2. The van der Waals surface area contributed by atoms with E-state index in [0.717, 1.165) is 5.56 Å². The summed E-state index contributed by atoms with van der Waals surface area (Å²) in [6.45, 7) is 0. The smallest absolute Gasteiger partial charge is 0.234 e. The van der Waals surface area contributed by atoms with Crippen LogP contribution in [0, 0.1) is 0 Å². The Hall–Kier alpha value is -1.44. The van der Waals surface area contributed by atoms with E-state index in [1.54, 1.807) is 12.1 Å². The maximum Gasteiger partial charge on any atom is 0.234 e. The summed E-state index contributed by atoms with van der Waals surface area (Å²) in [6.07, 6.45) is 0. The molecular formula is C17H12Cl4N4OS. The van der Waals surface area contributed by atoms with Crippen LogP contribution in [0.1, 0.15) is 0 Å². The molecule has 0 saturated heterocycles. The van der Waals surface area contributed by atoms with Crippen LogP contribution >= 0.6 is 58.2 Å². The molecular weight excluding hydrogens is 450 g/mol. The summed E-state index contributed by atoms with van der Waals surface area (Å²) >= 11 is 25.1. The van der Waals surface area contributed by atoms with Gasteiger partial charge in [-0.2, -0.15) is 0 Å². The molecule has 0 saturated carbocycles. The van der Waals surface area contributed by atoms with Crippen molar-refractivity contribution in [2.24, 2.45) is 7.05 Å². The van der Waals surface area contributed by atoms with Crippen LogP contribution in [0.25, 0.3) is 11.4 Å². The van der Waals surface area contributed by atoms with Crippen molar-refractivity contribution in [3.05, 3.63) is 56.5 Å². The number of benzene rings is 2. The van der Waals surface area contributed by atoms with Gasteiger partial charge in [-0.1, -0.05) is 58.2 Å². The number of nitrogens with zero attached hydrogens (tertiary/aromatic N) is 3. The molecule has 10 heteroatoms. The van der Waals surface area contributed by atoms with E-state index in [1.165, 1.54) is 23.9 Å². The molecule has 1 N–H and O–H groups in total.